The predicted molar refractivity (Wildman–Crippen MR) is 77.5 cm³/mol. The lowest BCUT2D eigenvalue weighted by molar-refractivity contribution is -0.0503. The zero-order valence-corrected chi connectivity index (χ0v) is 12.3. The van der Waals surface area contributed by atoms with E-state index in [4.69, 9.17) is 0 Å². The van der Waals surface area contributed by atoms with Gasteiger partial charge >= 0.3 is 0 Å². The van der Waals surface area contributed by atoms with Crippen molar-refractivity contribution in [2.45, 2.75) is 40.0 Å². The van der Waals surface area contributed by atoms with E-state index >= 15 is 0 Å². The Hall–Kier alpha value is -0.520. The molecule has 2 nitrogen and oxygen atoms in total. The lowest BCUT2D eigenvalue weighted by atomic mass is 9.71. The third-order valence-electron chi connectivity index (χ3n) is 4.78. The number of hydrogen-bond acceptors (Lipinski definition) is 2. The summed E-state index contributed by atoms with van der Waals surface area (Å²) < 4.78 is 0. The van der Waals surface area contributed by atoms with E-state index in [0.29, 0.717) is 5.41 Å². The molecule has 2 aliphatic rings. The smallest absolute Gasteiger partial charge is 0.0601 e. The minimum Gasteiger partial charge on any atom is -0.302 e. The maximum absolute atomic E-state index is 3.19. The lowest BCUT2D eigenvalue weighted by Crippen LogP contribution is -2.60. The predicted octanol–water partition coefficient (Wildman–Crippen LogP) is 2.45. The van der Waals surface area contributed by atoms with E-state index in [9.17, 15) is 0 Å². The molecule has 0 aliphatic carbocycles. The third-order valence-corrected chi connectivity index (χ3v) is 4.78. The van der Waals surface area contributed by atoms with Crippen LogP contribution in [0.4, 0.5) is 0 Å². The van der Waals surface area contributed by atoms with Crippen LogP contribution < -0.4 is 0 Å². The molecule has 0 saturated carbocycles. The summed E-state index contributed by atoms with van der Waals surface area (Å²) in [4.78, 5) is 5.18. The average molecular weight is 248 g/mol. The molecule has 0 radical (unpaired) electrons. The van der Waals surface area contributed by atoms with E-state index in [1.807, 2.05) is 6.92 Å². The monoisotopic (exact) mass is 248 g/mol. The van der Waals surface area contributed by atoms with Gasteiger partial charge in [-0.2, -0.15) is 0 Å². The highest BCUT2D eigenvalue weighted by molar-refractivity contribution is 5.02. The van der Waals surface area contributed by atoms with Gasteiger partial charge in [-0.1, -0.05) is 26.2 Å². The summed E-state index contributed by atoms with van der Waals surface area (Å²) in [5, 5.41) is 0. The average Bonchev–Trinajstić information content (AvgIpc) is 2.36. The Bertz CT molecular complexity index is 310. The Morgan fingerprint density at radius 3 is 2.39 bits per heavy atom. The zero-order chi connectivity index (χ0) is 13.0. The van der Waals surface area contributed by atoms with Crippen LogP contribution in [0, 0.1) is 23.2 Å². The highest BCUT2D eigenvalue weighted by Gasteiger charge is 2.44. The number of hydrogen-bond donors (Lipinski definition) is 0. The largest absolute Gasteiger partial charge is 0.302 e. The molecular formula is C16H28N2. The normalized spacial score (nSPS) is 25.3. The summed E-state index contributed by atoms with van der Waals surface area (Å²) >= 11 is 0. The van der Waals surface area contributed by atoms with E-state index in [1.165, 1.54) is 52.0 Å². The molecule has 0 aromatic rings. The van der Waals surface area contributed by atoms with E-state index < -0.39 is 0 Å². The first-order valence-electron chi connectivity index (χ1n) is 7.52. The van der Waals surface area contributed by atoms with Gasteiger partial charge in [0, 0.05) is 19.6 Å². The van der Waals surface area contributed by atoms with Gasteiger partial charge in [-0.25, -0.2) is 0 Å². The van der Waals surface area contributed by atoms with Crippen molar-refractivity contribution >= 4 is 0 Å². The van der Waals surface area contributed by atoms with Crippen LogP contribution >= 0.6 is 0 Å². The maximum atomic E-state index is 3.19. The standard InChI is InChI=1S/C16H28N2/c1-4-6-9-17-10-7-16(8-11-17)13-18(14-16)12-15(3)5-2/h15H,5,7-14H2,1-3H3. The van der Waals surface area contributed by atoms with Gasteiger partial charge in [0.25, 0.3) is 0 Å². The molecule has 2 heteroatoms. The Labute approximate surface area is 113 Å². The van der Waals surface area contributed by atoms with Crippen molar-refractivity contribution in [3.63, 3.8) is 0 Å². The third kappa shape index (κ3) is 3.28. The highest BCUT2D eigenvalue weighted by Crippen LogP contribution is 2.40. The number of likely N-dealkylation sites (tertiary alicyclic amines) is 2. The fourth-order valence-electron chi connectivity index (χ4n) is 3.29. The second kappa shape index (κ2) is 6.08. The Kier molecular flexibility index (Phi) is 4.70. The highest BCUT2D eigenvalue weighted by atomic mass is 15.2. The quantitative estimate of drug-likeness (QED) is 0.705. The van der Waals surface area contributed by atoms with Crippen LogP contribution in [-0.2, 0) is 0 Å². The second-order valence-electron chi connectivity index (χ2n) is 6.39. The van der Waals surface area contributed by atoms with Crippen LogP contribution in [0.1, 0.15) is 40.0 Å². The van der Waals surface area contributed by atoms with Crippen molar-refractivity contribution in [1.82, 2.24) is 9.80 Å². The fourth-order valence-corrected chi connectivity index (χ4v) is 3.29. The summed E-state index contributed by atoms with van der Waals surface area (Å²) in [6.07, 6.45) is 4.08. The van der Waals surface area contributed by atoms with Crippen molar-refractivity contribution in [2.75, 3.05) is 39.3 Å². The number of rotatable bonds is 4. The molecule has 2 rings (SSSR count). The summed E-state index contributed by atoms with van der Waals surface area (Å²) in [6.45, 7) is 14.1. The topological polar surface area (TPSA) is 6.48 Å². The maximum Gasteiger partial charge on any atom is 0.0601 e. The number of piperidine rings is 1. The first-order chi connectivity index (χ1) is 8.67. The molecule has 0 bridgehead atoms. The van der Waals surface area contributed by atoms with Crippen LogP contribution in [0.15, 0.2) is 0 Å². The molecule has 0 aromatic carbocycles. The first-order valence-corrected chi connectivity index (χ1v) is 7.52. The number of nitrogens with zero attached hydrogens (tertiary/aromatic N) is 2. The van der Waals surface area contributed by atoms with Crippen LogP contribution in [0.25, 0.3) is 0 Å². The van der Waals surface area contributed by atoms with Gasteiger partial charge in [-0.3, -0.25) is 4.90 Å². The molecule has 2 heterocycles. The molecule has 1 unspecified atom stereocenters. The molecule has 1 spiro atoms. The molecule has 0 N–H and O–H groups in total. The van der Waals surface area contributed by atoms with Gasteiger partial charge in [-0.15, -0.1) is 5.92 Å². The van der Waals surface area contributed by atoms with Crippen LogP contribution in [0.2, 0.25) is 0 Å². The van der Waals surface area contributed by atoms with Gasteiger partial charge in [-0.05, 0) is 44.2 Å². The minimum atomic E-state index is 0.670. The Morgan fingerprint density at radius 1 is 1.17 bits per heavy atom. The van der Waals surface area contributed by atoms with Gasteiger partial charge in [0.05, 0.1) is 6.54 Å². The molecular weight excluding hydrogens is 220 g/mol. The van der Waals surface area contributed by atoms with E-state index in [1.54, 1.807) is 0 Å². The van der Waals surface area contributed by atoms with Crippen molar-refractivity contribution in [3.8, 4) is 11.8 Å². The molecule has 2 aliphatic heterocycles. The van der Waals surface area contributed by atoms with Gasteiger partial charge in [0.15, 0.2) is 0 Å². The fraction of sp³-hybridized carbons (Fsp3) is 0.875. The molecule has 2 fully saturated rings. The van der Waals surface area contributed by atoms with E-state index in [-0.39, 0.29) is 0 Å². The summed E-state index contributed by atoms with van der Waals surface area (Å²) in [7, 11) is 0. The van der Waals surface area contributed by atoms with E-state index in [0.717, 1.165) is 12.5 Å². The second-order valence-corrected chi connectivity index (χ2v) is 6.39. The molecule has 0 aromatic heterocycles. The van der Waals surface area contributed by atoms with Crippen molar-refractivity contribution in [2.24, 2.45) is 11.3 Å². The molecule has 1 atom stereocenters. The Morgan fingerprint density at radius 2 is 1.83 bits per heavy atom. The minimum absolute atomic E-state index is 0.670. The first kappa shape index (κ1) is 13.9. The van der Waals surface area contributed by atoms with Crippen molar-refractivity contribution < 1.29 is 0 Å². The van der Waals surface area contributed by atoms with Crippen LogP contribution in [0.3, 0.4) is 0 Å². The summed E-state index contributed by atoms with van der Waals surface area (Å²) in [5.41, 5.74) is 0.670. The molecule has 102 valence electrons. The van der Waals surface area contributed by atoms with Gasteiger partial charge in [0.1, 0.15) is 0 Å². The van der Waals surface area contributed by atoms with Gasteiger partial charge < -0.3 is 4.90 Å². The summed E-state index contributed by atoms with van der Waals surface area (Å²) in [6, 6.07) is 0. The van der Waals surface area contributed by atoms with Crippen molar-refractivity contribution in [1.29, 1.82) is 0 Å². The lowest BCUT2D eigenvalue weighted by Gasteiger charge is -2.54. The summed E-state index contributed by atoms with van der Waals surface area (Å²) in [5.74, 6) is 7.05. The van der Waals surface area contributed by atoms with Crippen LogP contribution in [-0.4, -0.2) is 49.1 Å². The van der Waals surface area contributed by atoms with E-state index in [2.05, 4.69) is 35.5 Å². The zero-order valence-electron chi connectivity index (χ0n) is 12.3. The molecule has 2 saturated heterocycles. The Balaban J connectivity index is 1.69. The van der Waals surface area contributed by atoms with Crippen LogP contribution in [0.5, 0.6) is 0 Å². The molecule has 0 amide bonds. The SMILES string of the molecule is CC#CCN1CCC2(CC1)CN(CC(C)CC)C2. The van der Waals surface area contributed by atoms with Gasteiger partial charge in [0.2, 0.25) is 0 Å². The van der Waals surface area contributed by atoms with Crippen molar-refractivity contribution in [3.05, 3.63) is 0 Å². The molecule has 18 heavy (non-hydrogen) atoms.